The van der Waals surface area contributed by atoms with Gasteiger partial charge >= 0.3 is 6.09 Å². The number of aromatic amines is 1. The minimum atomic E-state index is -0.506. The van der Waals surface area contributed by atoms with Crippen molar-refractivity contribution in [3.05, 3.63) is 66.1 Å². The lowest BCUT2D eigenvalue weighted by molar-refractivity contribution is -0.126. The van der Waals surface area contributed by atoms with Crippen molar-refractivity contribution in [3.63, 3.8) is 0 Å². The average molecular weight is 522 g/mol. The van der Waals surface area contributed by atoms with Crippen LogP contribution in [0.15, 0.2) is 54.7 Å². The number of para-hydroxylation sites is 1. The molecule has 2 aliphatic heterocycles. The Morgan fingerprint density at radius 1 is 1.22 bits per heavy atom. The zero-order valence-electron chi connectivity index (χ0n) is 20.4. The Hall–Kier alpha value is -3.92. The number of piperazine rings is 1. The van der Waals surface area contributed by atoms with Crippen LogP contribution in [0.1, 0.15) is 12.5 Å². The molecule has 0 saturated carbocycles. The van der Waals surface area contributed by atoms with Crippen molar-refractivity contribution in [3.8, 4) is 0 Å². The summed E-state index contributed by atoms with van der Waals surface area (Å²) in [4.78, 5) is 34.0. The van der Waals surface area contributed by atoms with E-state index < -0.39 is 11.9 Å². The maximum absolute atomic E-state index is 15.1. The van der Waals surface area contributed by atoms with E-state index in [2.05, 4.69) is 10.3 Å². The van der Waals surface area contributed by atoms with E-state index in [1.807, 2.05) is 41.4 Å². The van der Waals surface area contributed by atoms with E-state index in [-0.39, 0.29) is 12.0 Å². The molecule has 8 nitrogen and oxygen atoms in total. The van der Waals surface area contributed by atoms with E-state index in [4.69, 9.17) is 17.0 Å². The molecule has 3 aromatic rings. The van der Waals surface area contributed by atoms with Gasteiger partial charge in [0.1, 0.15) is 11.9 Å². The Labute approximate surface area is 219 Å². The van der Waals surface area contributed by atoms with Gasteiger partial charge in [-0.05, 0) is 42.8 Å². The summed E-state index contributed by atoms with van der Waals surface area (Å²) in [6.07, 6.45) is 4.44. The van der Waals surface area contributed by atoms with Gasteiger partial charge in [0, 0.05) is 49.4 Å². The number of nitrogens with one attached hydrogen (secondary N) is 2. The third-order valence-corrected chi connectivity index (χ3v) is 6.80. The number of halogens is 1. The summed E-state index contributed by atoms with van der Waals surface area (Å²) < 4.78 is 20.4. The van der Waals surface area contributed by atoms with Gasteiger partial charge in [-0.2, -0.15) is 0 Å². The summed E-state index contributed by atoms with van der Waals surface area (Å²) in [6, 6.07) is 12.7. The van der Waals surface area contributed by atoms with Crippen LogP contribution < -0.4 is 15.1 Å². The van der Waals surface area contributed by atoms with Crippen LogP contribution in [-0.4, -0.2) is 72.2 Å². The van der Waals surface area contributed by atoms with Crippen molar-refractivity contribution < 1.29 is 18.7 Å². The number of hydrogen-bond donors (Lipinski definition) is 2. The Kier molecular flexibility index (Phi) is 7.09. The summed E-state index contributed by atoms with van der Waals surface area (Å²) in [5.74, 6) is -0.484. The number of fused-ring (bicyclic) bond motifs is 1. The second-order valence-electron chi connectivity index (χ2n) is 9.12. The lowest BCUT2D eigenvalue weighted by Crippen LogP contribution is -2.48. The maximum atomic E-state index is 15.1. The molecule has 0 unspecified atom stereocenters. The first kappa shape index (κ1) is 24.8. The van der Waals surface area contributed by atoms with Crippen LogP contribution >= 0.6 is 12.2 Å². The Morgan fingerprint density at radius 3 is 2.76 bits per heavy atom. The maximum Gasteiger partial charge on any atom is 0.414 e. The van der Waals surface area contributed by atoms with Crippen LogP contribution in [0, 0.1) is 5.82 Å². The van der Waals surface area contributed by atoms with Gasteiger partial charge in [-0.1, -0.05) is 30.4 Å². The molecule has 1 atom stereocenters. The molecule has 1 aromatic heterocycles. The molecule has 2 aliphatic rings. The molecular formula is C27H28FN5O3S. The smallest absolute Gasteiger partial charge is 0.414 e. The number of rotatable bonds is 6. The molecule has 2 N–H and O–H groups in total. The number of thiocarbonyl (C=S) groups is 1. The molecule has 2 aromatic carbocycles. The number of carbonyl (C=O) groups excluding carboxylic acids is 2. The fourth-order valence-corrected chi connectivity index (χ4v) is 4.77. The van der Waals surface area contributed by atoms with Crippen LogP contribution in [0.3, 0.4) is 0 Å². The Balaban J connectivity index is 1.17. The summed E-state index contributed by atoms with van der Waals surface area (Å²) in [5, 5.41) is 4.05. The van der Waals surface area contributed by atoms with Crippen molar-refractivity contribution in [1.29, 1.82) is 0 Å². The highest BCUT2D eigenvalue weighted by Gasteiger charge is 2.33. The first-order valence-electron chi connectivity index (χ1n) is 12.2. The number of benzene rings is 2. The van der Waals surface area contributed by atoms with Crippen molar-refractivity contribution in [2.45, 2.75) is 13.0 Å². The van der Waals surface area contributed by atoms with E-state index >= 15 is 4.39 Å². The molecule has 2 amide bonds. The van der Waals surface area contributed by atoms with Gasteiger partial charge in [-0.15, -0.1) is 0 Å². The summed E-state index contributed by atoms with van der Waals surface area (Å²) in [6.45, 7) is 4.50. The second kappa shape index (κ2) is 10.6. The molecule has 0 spiro atoms. The lowest BCUT2D eigenvalue weighted by atomic mass is 10.1. The molecule has 2 fully saturated rings. The second-order valence-corrected chi connectivity index (χ2v) is 9.74. The van der Waals surface area contributed by atoms with E-state index in [9.17, 15) is 9.59 Å². The predicted molar refractivity (Wildman–Crippen MR) is 146 cm³/mol. The highest BCUT2D eigenvalue weighted by atomic mass is 32.1. The molecule has 192 valence electrons. The summed E-state index contributed by atoms with van der Waals surface area (Å²) in [5.41, 5.74) is 2.88. The van der Waals surface area contributed by atoms with Gasteiger partial charge in [-0.3, -0.25) is 9.69 Å². The van der Waals surface area contributed by atoms with Crippen molar-refractivity contribution in [2.75, 3.05) is 49.1 Å². The predicted octanol–water partition coefficient (Wildman–Crippen LogP) is 3.93. The first-order valence-corrected chi connectivity index (χ1v) is 12.6. The highest BCUT2D eigenvalue weighted by Crippen LogP contribution is 2.28. The topological polar surface area (TPSA) is 80.9 Å². The zero-order valence-corrected chi connectivity index (χ0v) is 21.3. The number of ether oxygens (including phenoxy) is 1. The van der Waals surface area contributed by atoms with E-state index in [0.717, 1.165) is 16.5 Å². The number of nitrogens with zero attached hydrogens (tertiary/aromatic N) is 3. The number of cyclic esters (lactones) is 1. The Morgan fingerprint density at radius 2 is 2.00 bits per heavy atom. The minimum absolute atomic E-state index is 0.0684. The van der Waals surface area contributed by atoms with E-state index in [1.165, 1.54) is 11.0 Å². The van der Waals surface area contributed by atoms with E-state index in [1.54, 1.807) is 30.0 Å². The third-order valence-electron chi connectivity index (χ3n) is 6.65. The molecule has 5 rings (SSSR count). The molecule has 0 bridgehead atoms. The first-order chi connectivity index (χ1) is 17.9. The largest absolute Gasteiger partial charge is 0.442 e. The average Bonchev–Trinajstić information content (AvgIpc) is 3.49. The number of aromatic nitrogens is 1. The van der Waals surface area contributed by atoms with Crippen LogP contribution in [0.5, 0.6) is 0 Å². The number of H-pyrrole nitrogens is 1. The lowest BCUT2D eigenvalue weighted by Gasteiger charge is -2.36. The molecule has 0 aliphatic carbocycles. The van der Waals surface area contributed by atoms with Gasteiger partial charge in [0.05, 0.1) is 29.5 Å². The van der Waals surface area contributed by atoms with Crippen LogP contribution in [0.25, 0.3) is 17.0 Å². The molecule has 37 heavy (non-hydrogen) atoms. The number of carbonyl (C=O) groups is 2. The third kappa shape index (κ3) is 5.43. The number of anilines is 2. The highest BCUT2D eigenvalue weighted by molar-refractivity contribution is 7.80. The van der Waals surface area contributed by atoms with Gasteiger partial charge in [0.15, 0.2) is 0 Å². The normalized spacial score (nSPS) is 18.1. The molecular weight excluding hydrogens is 493 g/mol. The minimum Gasteiger partial charge on any atom is -0.442 e. The Bertz CT molecular complexity index is 1370. The zero-order chi connectivity index (χ0) is 25.9. The quantitative estimate of drug-likeness (QED) is 0.378. The summed E-state index contributed by atoms with van der Waals surface area (Å²) >= 11 is 5.00. The fraction of sp³-hybridized carbons (Fsp3) is 0.296. The molecule has 3 heterocycles. The van der Waals surface area contributed by atoms with Gasteiger partial charge in [0.2, 0.25) is 5.91 Å². The van der Waals surface area contributed by atoms with Crippen molar-refractivity contribution in [2.24, 2.45) is 0 Å². The van der Waals surface area contributed by atoms with Crippen LogP contribution in [0.2, 0.25) is 0 Å². The standard InChI is InChI=1S/C27H28FN5O3S/c1-18(37)29-16-21-17-33(27(35)36-21)20-7-8-25(23(28)14-20)31-10-12-32(13-11-31)26(34)9-6-19-15-30-24-5-3-2-4-22(19)24/h2-9,14-15,21,30H,10-13,16-17H2,1H3,(H,29,37)/b9-6+/t21-/m0/s1. The van der Waals surface area contributed by atoms with Crippen LogP contribution in [0.4, 0.5) is 20.6 Å². The molecule has 0 radical (unpaired) electrons. The SMILES string of the molecule is CC(=S)NC[C@H]1CN(c2ccc(N3CCN(C(=O)/C=C/c4c[nH]c5ccccc45)CC3)c(F)c2)C(=O)O1. The molecule has 2 saturated heterocycles. The van der Waals surface area contributed by atoms with E-state index in [0.29, 0.717) is 55.6 Å². The number of amides is 2. The van der Waals surface area contributed by atoms with Gasteiger partial charge < -0.3 is 24.8 Å². The van der Waals surface area contributed by atoms with Crippen LogP contribution in [-0.2, 0) is 9.53 Å². The van der Waals surface area contributed by atoms with Crippen molar-refractivity contribution >= 4 is 57.6 Å². The molecule has 10 heteroatoms. The van der Waals surface area contributed by atoms with Gasteiger partial charge in [0.25, 0.3) is 0 Å². The van der Waals surface area contributed by atoms with Gasteiger partial charge in [-0.25, -0.2) is 9.18 Å². The number of hydrogen-bond acceptors (Lipinski definition) is 5. The van der Waals surface area contributed by atoms with Crippen molar-refractivity contribution in [1.82, 2.24) is 15.2 Å². The monoisotopic (exact) mass is 521 g/mol. The summed E-state index contributed by atoms with van der Waals surface area (Å²) in [7, 11) is 0. The fourth-order valence-electron chi connectivity index (χ4n) is 4.68.